The molecular formula is C26H42N4O4. The molecule has 34 heavy (non-hydrogen) atoms. The lowest BCUT2D eigenvalue weighted by Gasteiger charge is -2.34. The molecule has 0 spiro atoms. The summed E-state index contributed by atoms with van der Waals surface area (Å²) in [4.78, 5) is 56.5. The van der Waals surface area contributed by atoms with Crippen molar-refractivity contribution >= 4 is 23.5 Å². The Morgan fingerprint density at radius 3 is 2.29 bits per heavy atom. The molecule has 0 bridgehead atoms. The number of ketones is 1. The second kappa shape index (κ2) is 11.2. The van der Waals surface area contributed by atoms with E-state index in [1.165, 1.54) is 12.8 Å². The van der Waals surface area contributed by atoms with Crippen molar-refractivity contribution in [2.45, 2.75) is 109 Å². The van der Waals surface area contributed by atoms with E-state index in [1.807, 2.05) is 13.8 Å². The summed E-state index contributed by atoms with van der Waals surface area (Å²) >= 11 is 0. The highest BCUT2D eigenvalue weighted by molar-refractivity contribution is 6.38. The summed E-state index contributed by atoms with van der Waals surface area (Å²) in [5.41, 5.74) is 0. The highest BCUT2D eigenvalue weighted by Crippen LogP contribution is 2.42. The van der Waals surface area contributed by atoms with Crippen molar-refractivity contribution in [1.82, 2.24) is 20.4 Å². The number of hydrogen-bond acceptors (Lipinski definition) is 5. The molecule has 0 radical (unpaired) electrons. The molecule has 5 unspecified atom stereocenters. The molecule has 2 aliphatic carbocycles. The molecule has 2 heterocycles. The van der Waals surface area contributed by atoms with E-state index in [4.69, 9.17) is 0 Å². The van der Waals surface area contributed by atoms with Crippen LogP contribution >= 0.6 is 0 Å². The molecule has 4 aliphatic rings. The Labute approximate surface area is 203 Å². The molecule has 4 fully saturated rings. The van der Waals surface area contributed by atoms with Gasteiger partial charge in [0.05, 0.1) is 12.1 Å². The molecule has 2 saturated carbocycles. The van der Waals surface area contributed by atoms with Gasteiger partial charge in [0.1, 0.15) is 6.04 Å². The van der Waals surface area contributed by atoms with Gasteiger partial charge in [-0.1, -0.05) is 32.6 Å². The molecule has 0 aromatic rings. The third-order valence-electron chi connectivity index (χ3n) is 8.33. The van der Waals surface area contributed by atoms with Gasteiger partial charge in [-0.2, -0.15) is 0 Å². The average molecular weight is 475 g/mol. The zero-order chi connectivity index (χ0) is 24.2. The third kappa shape index (κ3) is 5.64. The number of nitrogens with one attached hydrogen (secondary N) is 2. The van der Waals surface area contributed by atoms with E-state index in [0.29, 0.717) is 25.3 Å². The van der Waals surface area contributed by atoms with Gasteiger partial charge in [0.2, 0.25) is 17.6 Å². The summed E-state index contributed by atoms with van der Waals surface area (Å²) in [6.07, 6.45) is 10.6. The minimum Gasteiger partial charge on any atom is -0.347 e. The predicted octanol–water partition coefficient (Wildman–Crippen LogP) is 2.01. The van der Waals surface area contributed by atoms with Gasteiger partial charge in [0, 0.05) is 12.6 Å². The maximum Gasteiger partial charge on any atom is 0.289 e. The van der Waals surface area contributed by atoms with Crippen LogP contribution in [0.1, 0.15) is 84.5 Å². The van der Waals surface area contributed by atoms with Crippen LogP contribution in [0.5, 0.6) is 0 Å². The number of nitrogens with zero attached hydrogens (tertiary/aromatic N) is 2. The van der Waals surface area contributed by atoms with Gasteiger partial charge in [-0.3, -0.25) is 24.1 Å². The Kier molecular flexibility index (Phi) is 8.27. The molecule has 8 heteroatoms. The standard InChI is InChI=1S/C26H42N4O4/c1-3-9-21(23(31)25(33)27-19-12-13-19)28-24(32)22-20-11-8-10-18(20)16-30(22)26(34)17(2)29-14-6-4-5-7-15-29/h17-22H,3-16H2,1-2H3,(H,27,33)(H,28,32). The first-order chi connectivity index (χ1) is 16.4. The van der Waals surface area contributed by atoms with Crippen LogP contribution in [0.4, 0.5) is 0 Å². The van der Waals surface area contributed by atoms with Gasteiger partial charge in [-0.25, -0.2) is 0 Å². The molecule has 5 atom stereocenters. The number of likely N-dealkylation sites (tertiary alicyclic amines) is 2. The van der Waals surface area contributed by atoms with Crippen molar-refractivity contribution < 1.29 is 19.2 Å². The zero-order valence-corrected chi connectivity index (χ0v) is 20.9. The SMILES string of the molecule is CCCC(NC(=O)C1C2CCCC2CN1C(=O)C(C)N1CCCCCC1)C(=O)C(=O)NC1CC1. The molecule has 2 aliphatic heterocycles. The molecule has 0 aromatic heterocycles. The monoisotopic (exact) mass is 474 g/mol. The van der Waals surface area contributed by atoms with Crippen molar-refractivity contribution in [3.63, 3.8) is 0 Å². The minimum atomic E-state index is -0.836. The summed E-state index contributed by atoms with van der Waals surface area (Å²) in [6.45, 7) is 6.38. The van der Waals surface area contributed by atoms with Gasteiger partial charge < -0.3 is 15.5 Å². The van der Waals surface area contributed by atoms with Crippen molar-refractivity contribution in [3.8, 4) is 0 Å². The summed E-state index contributed by atoms with van der Waals surface area (Å²) in [5, 5.41) is 5.65. The van der Waals surface area contributed by atoms with Gasteiger partial charge in [0.15, 0.2) is 0 Å². The Morgan fingerprint density at radius 1 is 0.941 bits per heavy atom. The number of fused-ring (bicyclic) bond motifs is 1. The number of Topliss-reactive ketones (excluding diaryl/α,β-unsaturated/α-hetero) is 1. The summed E-state index contributed by atoms with van der Waals surface area (Å²) in [5.74, 6) is -0.932. The largest absolute Gasteiger partial charge is 0.347 e. The fourth-order valence-corrected chi connectivity index (χ4v) is 6.20. The maximum absolute atomic E-state index is 13.7. The van der Waals surface area contributed by atoms with E-state index in [-0.39, 0.29) is 29.8 Å². The third-order valence-corrected chi connectivity index (χ3v) is 8.33. The van der Waals surface area contributed by atoms with Gasteiger partial charge in [0.25, 0.3) is 5.91 Å². The Morgan fingerprint density at radius 2 is 1.65 bits per heavy atom. The second-order valence-corrected chi connectivity index (χ2v) is 10.9. The van der Waals surface area contributed by atoms with Crippen LogP contribution in [0.2, 0.25) is 0 Å². The molecule has 8 nitrogen and oxygen atoms in total. The molecule has 0 aromatic carbocycles. The Hall–Kier alpha value is -1.96. The molecule has 2 N–H and O–H groups in total. The first-order valence-electron chi connectivity index (χ1n) is 13.6. The number of rotatable bonds is 9. The van der Waals surface area contributed by atoms with Crippen LogP contribution in [0.15, 0.2) is 0 Å². The minimum absolute atomic E-state index is 0.0290. The van der Waals surface area contributed by atoms with E-state index in [0.717, 1.165) is 58.0 Å². The van der Waals surface area contributed by atoms with Crippen LogP contribution in [0.25, 0.3) is 0 Å². The average Bonchev–Trinajstić information content (AvgIpc) is 3.49. The smallest absolute Gasteiger partial charge is 0.289 e. The normalized spacial score (nSPS) is 29.1. The van der Waals surface area contributed by atoms with E-state index < -0.39 is 23.8 Å². The number of carbonyl (C=O) groups excluding carboxylic acids is 4. The lowest BCUT2D eigenvalue weighted by Crippen LogP contribution is -2.57. The fourth-order valence-electron chi connectivity index (χ4n) is 6.20. The van der Waals surface area contributed by atoms with Crippen LogP contribution in [-0.4, -0.2) is 77.1 Å². The van der Waals surface area contributed by atoms with Crippen LogP contribution in [0.3, 0.4) is 0 Å². The number of amides is 3. The lowest BCUT2D eigenvalue weighted by molar-refractivity contribution is -0.145. The molecule has 2 saturated heterocycles. The highest BCUT2D eigenvalue weighted by Gasteiger charge is 2.51. The topological polar surface area (TPSA) is 98.8 Å². The van der Waals surface area contributed by atoms with Crippen molar-refractivity contribution in [3.05, 3.63) is 0 Å². The summed E-state index contributed by atoms with van der Waals surface area (Å²) in [7, 11) is 0. The molecule has 3 amide bonds. The van der Waals surface area contributed by atoms with Crippen LogP contribution in [0, 0.1) is 11.8 Å². The Bertz CT molecular complexity index is 775. The van der Waals surface area contributed by atoms with E-state index in [9.17, 15) is 19.2 Å². The summed E-state index contributed by atoms with van der Waals surface area (Å²) < 4.78 is 0. The first kappa shape index (κ1) is 25.1. The Balaban J connectivity index is 1.46. The lowest BCUT2D eigenvalue weighted by atomic mass is 9.93. The van der Waals surface area contributed by atoms with Gasteiger partial charge in [-0.05, 0) is 76.8 Å². The first-order valence-corrected chi connectivity index (χ1v) is 13.6. The van der Waals surface area contributed by atoms with Crippen molar-refractivity contribution in [1.29, 1.82) is 0 Å². The maximum atomic E-state index is 13.7. The summed E-state index contributed by atoms with van der Waals surface area (Å²) in [6, 6.07) is -1.54. The van der Waals surface area contributed by atoms with E-state index >= 15 is 0 Å². The van der Waals surface area contributed by atoms with Crippen molar-refractivity contribution in [2.24, 2.45) is 11.8 Å². The quantitative estimate of drug-likeness (QED) is 0.498. The second-order valence-electron chi connectivity index (χ2n) is 10.9. The van der Waals surface area contributed by atoms with Crippen LogP contribution in [-0.2, 0) is 19.2 Å². The van der Waals surface area contributed by atoms with E-state index in [1.54, 1.807) is 4.90 Å². The molecular weight excluding hydrogens is 432 g/mol. The van der Waals surface area contributed by atoms with E-state index in [2.05, 4.69) is 15.5 Å². The zero-order valence-electron chi connectivity index (χ0n) is 20.9. The van der Waals surface area contributed by atoms with Crippen molar-refractivity contribution in [2.75, 3.05) is 19.6 Å². The number of hydrogen-bond donors (Lipinski definition) is 2. The highest BCUT2D eigenvalue weighted by atomic mass is 16.2. The molecule has 190 valence electrons. The molecule has 4 rings (SSSR count). The number of carbonyl (C=O) groups is 4. The van der Waals surface area contributed by atoms with Gasteiger partial charge in [-0.15, -0.1) is 0 Å². The van der Waals surface area contributed by atoms with Gasteiger partial charge >= 0.3 is 0 Å². The predicted molar refractivity (Wildman–Crippen MR) is 129 cm³/mol. The fraction of sp³-hybridized carbons (Fsp3) is 0.846. The van der Waals surface area contributed by atoms with Crippen LogP contribution < -0.4 is 10.6 Å².